The summed E-state index contributed by atoms with van der Waals surface area (Å²) in [6.45, 7) is 2.07. The highest BCUT2D eigenvalue weighted by atomic mass is 16.5. The standard InChI is InChI=1S/C22H39NO3/c1-2-3-4-5-6-7-8-9-10-11-12-21-13-15-22(16-14-21)23(26,17-19-24)18-20-25/h13-16,24-25H,2-12,17-20H2,1H3. The predicted molar refractivity (Wildman–Crippen MR) is 111 cm³/mol. The molecule has 0 spiro atoms. The molecule has 0 saturated carbocycles. The smallest absolute Gasteiger partial charge is 0.132 e. The number of quaternary nitrogens is 1. The number of hydrogen-bond acceptors (Lipinski definition) is 3. The highest BCUT2D eigenvalue weighted by Crippen LogP contribution is 2.23. The summed E-state index contributed by atoms with van der Waals surface area (Å²) >= 11 is 0. The van der Waals surface area contributed by atoms with Gasteiger partial charge in [0.25, 0.3) is 0 Å². The third-order valence-corrected chi connectivity index (χ3v) is 5.15. The molecule has 1 rings (SSSR count). The van der Waals surface area contributed by atoms with Crippen LogP contribution in [-0.4, -0.2) is 36.5 Å². The minimum absolute atomic E-state index is 0.0817. The van der Waals surface area contributed by atoms with E-state index < -0.39 is 4.65 Å². The van der Waals surface area contributed by atoms with Gasteiger partial charge in [0.15, 0.2) is 0 Å². The molecule has 4 heteroatoms. The van der Waals surface area contributed by atoms with E-state index in [1.165, 1.54) is 69.8 Å². The largest absolute Gasteiger partial charge is 0.627 e. The Bertz CT molecular complexity index is 441. The molecule has 0 amide bonds. The summed E-state index contributed by atoms with van der Waals surface area (Å²) < 4.78 is -0.661. The molecule has 0 radical (unpaired) electrons. The van der Waals surface area contributed by atoms with Gasteiger partial charge in [-0.15, -0.1) is 0 Å². The van der Waals surface area contributed by atoms with Crippen LogP contribution < -0.4 is 4.65 Å². The molecule has 0 aliphatic rings. The number of hydroxylamine groups is 2. The normalized spacial score (nSPS) is 11.8. The number of aryl methyl sites for hydroxylation is 1. The summed E-state index contributed by atoms with van der Waals surface area (Å²) in [7, 11) is 0. The Balaban J connectivity index is 2.22. The van der Waals surface area contributed by atoms with E-state index >= 15 is 0 Å². The van der Waals surface area contributed by atoms with Crippen molar-refractivity contribution in [2.24, 2.45) is 0 Å². The van der Waals surface area contributed by atoms with Crippen LogP contribution in [-0.2, 0) is 6.42 Å². The molecular weight excluding hydrogens is 326 g/mol. The molecular formula is C22H39NO3. The average molecular weight is 366 g/mol. The molecule has 2 N–H and O–H groups in total. The Hall–Kier alpha value is -0.940. The van der Waals surface area contributed by atoms with Crippen molar-refractivity contribution < 1.29 is 10.2 Å². The van der Waals surface area contributed by atoms with E-state index in [1.54, 1.807) is 0 Å². The second kappa shape index (κ2) is 14.2. The van der Waals surface area contributed by atoms with Crippen molar-refractivity contribution in [2.45, 2.75) is 77.6 Å². The van der Waals surface area contributed by atoms with Crippen LogP contribution in [0, 0.1) is 5.21 Å². The van der Waals surface area contributed by atoms with Gasteiger partial charge < -0.3 is 20.1 Å². The van der Waals surface area contributed by atoms with E-state index in [0.29, 0.717) is 5.69 Å². The molecule has 0 fully saturated rings. The van der Waals surface area contributed by atoms with Gasteiger partial charge in [-0.1, -0.05) is 76.8 Å². The maximum absolute atomic E-state index is 12.7. The molecule has 0 bridgehead atoms. The molecule has 4 nitrogen and oxygen atoms in total. The van der Waals surface area contributed by atoms with Crippen molar-refractivity contribution in [1.82, 2.24) is 4.65 Å². The quantitative estimate of drug-likeness (QED) is 0.248. The van der Waals surface area contributed by atoms with Gasteiger partial charge in [0.2, 0.25) is 0 Å². The van der Waals surface area contributed by atoms with E-state index in [1.807, 2.05) is 24.3 Å². The molecule has 0 aliphatic carbocycles. The second-order valence-electron chi connectivity index (χ2n) is 7.38. The Morgan fingerprint density at radius 3 is 1.65 bits per heavy atom. The lowest BCUT2D eigenvalue weighted by atomic mass is 10.0. The topological polar surface area (TPSA) is 63.5 Å². The van der Waals surface area contributed by atoms with Crippen LogP contribution in [0.2, 0.25) is 0 Å². The van der Waals surface area contributed by atoms with Crippen molar-refractivity contribution in [2.75, 3.05) is 26.3 Å². The van der Waals surface area contributed by atoms with Crippen molar-refractivity contribution in [3.8, 4) is 0 Å². The summed E-state index contributed by atoms with van der Waals surface area (Å²) in [5, 5.41) is 30.9. The van der Waals surface area contributed by atoms with E-state index in [9.17, 15) is 5.21 Å². The van der Waals surface area contributed by atoms with Crippen molar-refractivity contribution in [1.29, 1.82) is 0 Å². The van der Waals surface area contributed by atoms with Gasteiger partial charge in [-0.25, -0.2) is 0 Å². The van der Waals surface area contributed by atoms with Crippen molar-refractivity contribution in [3.63, 3.8) is 0 Å². The highest BCUT2D eigenvalue weighted by Gasteiger charge is 2.19. The lowest BCUT2D eigenvalue weighted by molar-refractivity contribution is 0.200. The van der Waals surface area contributed by atoms with Gasteiger partial charge in [-0.3, -0.25) is 0 Å². The van der Waals surface area contributed by atoms with E-state index in [-0.39, 0.29) is 26.3 Å². The van der Waals surface area contributed by atoms with Gasteiger partial charge in [-0.2, -0.15) is 0 Å². The number of aliphatic hydroxyl groups excluding tert-OH is 2. The van der Waals surface area contributed by atoms with Crippen molar-refractivity contribution >= 4 is 5.69 Å². The number of unbranched alkanes of at least 4 members (excludes halogenated alkanes) is 9. The maximum atomic E-state index is 12.7. The van der Waals surface area contributed by atoms with Gasteiger partial charge in [0.05, 0.1) is 13.2 Å². The first-order valence-corrected chi connectivity index (χ1v) is 10.6. The highest BCUT2D eigenvalue weighted by molar-refractivity contribution is 5.45. The van der Waals surface area contributed by atoms with E-state index in [4.69, 9.17) is 10.2 Å². The lowest BCUT2D eigenvalue weighted by Crippen LogP contribution is -2.47. The zero-order valence-corrected chi connectivity index (χ0v) is 16.7. The Morgan fingerprint density at radius 2 is 1.19 bits per heavy atom. The number of aliphatic hydroxyl groups is 2. The first-order chi connectivity index (χ1) is 12.7. The third-order valence-electron chi connectivity index (χ3n) is 5.15. The van der Waals surface area contributed by atoms with Crippen LogP contribution in [0.4, 0.5) is 5.69 Å². The number of nitrogens with zero attached hydrogens (tertiary/aromatic N) is 1. The fourth-order valence-electron chi connectivity index (χ4n) is 3.44. The van der Waals surface area contributed by atoms with Crippen LogP contribution in [0.1, 0.15) is 76.7 Å². The number of rotatable bonds is 16. The molecule has 26 heavy (non-hydrogen) atoms. The van der Waals surface area contributed by atoms with Crippen LogP contribution in [0.15, 0.2) is 24.3 Å². The second-order valence-corrected chi connectivity index (χ2v) is 7.38. The maximum Gasteiger partial charge on any atom is 0.132 e. The molecule has 0 atom stereocenters. The van der Waals surface area contributed by atoms with Crippen LogP contribution in [0.5, 0.6) is 0 Å². The fourth-order valence-corrected chi connectivity index (χ4v) is 3.44. The summed E-state index contributed by atoms with van der Waals surface area (Å²) in [6, 6.07) is 7.74. The zero-order chi connectivity index (χ0) is 19.1. The molecule has 0 saturated heterocycles. The Kier molecular flexibility index (Phi) is 12.6. The summed E-state index contributed by atoms with van der Waals surface area (Å²) in [5.41, 5.74) is 1.87. The summed E-state index contributed by atoms with van der Waals surface area (Å²) in [5.74, 6) is 0. The summed E-state index contributed by atoms with van der Waals surface area (Å²) in [6.07, 6.45) is 14.4. The molecule has 1 aromatic rings. The van der Waals surface area contributed by atoms with Crippen molar-refractivity contribution in [3.05, 3.63) is 35.0 Å². The van der Waals surface area contributed by atoms with E-state index in [2.05, 4.69) is 6.92 Å². The fraction of sp³-hybridized carbons (Fsp3) is 0.727. The molecule has 0 unspecified atom stereocenters. The molecule has 0 heterocycles. The predicted octanol–water partition coefficient (Wildman–Crippen LogP) is 4.94. The van der Waals surface area contributed by atoms with E-state index in [0.717, 1.165) is 6.42 Å². The SMILES string of the molecule is CCCCCCCCCCCCc1ccc([N+]([O-])(CCO)CCO)cc1. The summed E-state index contributed by atoms with van der Waals surface area (Å²) in [4.78, 5) is 0. The molecule has 1 aromatic carbocycles. The number of hydrogen-bond donors (Lipinski definition) is 2. The Labute approximate surface area is 160 Å². The zero-order valence-electron chi connectivity index (χ0n) is 16.7. The minimum atomic E-state index is -0.661. The van der Waals surface area contributed by atoms with Crippen LogP contribution in [0.3, 0.4) is 0 Å². The van der Waals surface area contributed by atoms with Crippen LogP contribution >= 0.6 is 0 Å². The number of benzene rings is 1. The third kappa shape index (κ3) is 9.13. The first-order valence-electron chi connectivity index (χ1n) is 10.6. The monoisotopic (exact) mass is 365 g/mol. The van der Waals surface area contributed by atoms with Gasteiger partial charge in [0, 0.05) is 0 Å². The lowest BCUT2D eigenvalue weighted by Gasteiger charge is -2.41. The van der Waals surface area contributed by atoms with Crippen LogP contribution in [0.25, 0.3) is 0 Å². The molecule has 0 aliphatic heterocycles. The Morgan fingerprint density at radius 1 is 0.731 bits per heavy atom. The van der Waals surface area contributed by atoms with Gasteiger partial charge in [0.1, 0.15) is 18.8 Å². The molecule has 0 aromatic heterocycles. The average Bonchev–Trinajstić information content (AvgIpc) is 2.64. The van der Waals surface area contributed by atoms with Gasteiger partial charge >= 0.3 is 0 Å². The van der Waals surface area contributed by atoms with Gasteiger partial charge in [-0.05, 0) is 30.5 Å². The first kappa shape index (κ1) is 23.1. The molecule has 150 valence electrons. The minimum Gasteiger partial charge on any atom is -0.627 e.